The third kappa shape index (κ3) is 3.09. The number of piperidine rings is 1. The molecule has 5 heteroatoms. The van der Waals surface area contributed by atoms with Gasteiger partial charge in [0.15, 0.2) is 5.58 Å². The molecule has 0 spiro atoms. The maximum Gasteiger partial charge on any atom is 0.231 e. The third-order valence-electron chi connectivity index (χ3n) is 5.27. The molecule has 1 fully saturated rings. The Hall–Kier alpha value is -3.34. The fourth-order valence-electron chi connectivity index (χ4n) is 3.84. The van der Waals surface area contributed by atoms with Crippen LogP contribution in [0.1, 0.15) is 19.3 Å². The highest BCUT2D eigenvalue weighted by molar-refractivity contribution is 5.82. The van der Waals surface area contributed by atoms with E-state index in [-0.39, 0.29) is 0 Å². The van der Waals surface area contributed by atoms with Gasteiger partial charge in [0, 0.05) is 30.5 Å². The normalized spacial score (nSPS) is 14.5. The zero-order valence-corrected chi connectivity index (χ0v) is 15.6. The van der Waals surface area contributed by atoms with E-state index in [2.05, 4.69) is 11.0 Å². The molecule has 2 aromatic heterocycles. The van der Waals surface area contributed by atoms with Crippen molar-refractivity contribution in [1.82, 2.24) is 9.97 Å². The molecule has 0 atom stereocenters. The molecule has 2 N–H and O–H groups in total. The predicted molar refractivity (Wildman–Crippen MR) is 113 cm³/mol. The summed E-state index contributed by atoms with van der Waals surface area (Å²) in [6, 6.07) is 17.8. The SMILES string of the molecule is Nc1cccc(-c2cnc(N3CCCCC3)c(-c3nc4ccccc4o3)c2)c1. The number of oxazole rings is 1. The quantitative estimate of drug-likeness (QED) is 0.506. The molecule has 0 amide bonds. The van der Waals surface area contributed by atoms with Gasteiger partial charge in [0.05, 0.1) is 5.56 Å². The van der Waals surface area contributed by atoms with E-state index in [1.165, 1.54) is 19.3 Å². The minimum atomic E-state index is 0.611. The van der Waals surface area contributed by atoms with Crippen molar-refractivity contribution >= 4 is 22.6 Å². The van der Waals surface area contributed by atoms with Crippen LogP contribution in [0.25, 0.3) is 33.7 Å². The fourth-order valence-corrected chi connectivity index (χ4v) is 3.84. The molecular weight excluding hydrogens is 348 g/mol. The van der Waals surface area contributed by atoms with Crippen LogP contribution in [0.5, 0.6) is 0 Å². The first-order chi connectivity index (χ1) is 13.8. The maximum atomic E-state index is 6.10. The van der Waals surface area contributed by atoms with Crippen molar-refractivity contribution in [3.8, 4) is 22.6 Å². The Morgan fingerprint density at radius 3 is 2.57 bits per heavy atom. The second-order valence-corrected chi connectivity index (χ2v) is 7.26. The summed E-state index contributed by atoms with van der Waals surface area (Å²) in [5.74, 6) is 1.55. The molecule has 0 saturated carbocycles. The summed E-state index contributed by atoms with van der Waals surface area (Å²) in [7, 11) is 0. The Balaban J connectivity index is 1.67. The van der Waals surface area contributed by atoms with Crippen LogP contribution in [0, 0.1) is 0 Å². The van der Waals surface area contributed by atoms with Crippen LogP contribution in [0.4, 0.5) is 11.5 Å². The van der Waals surface area contributed by atoms with Crippen molar-refractivity contribution in [1.29, 1.82) is 0 Å². The van der Waals surface area contributed by atoms with Crippen LogP contribution in [0.2, 0.25) is 0 Å². The molecule has 0 bridgehead atoms. The van der Waals surface area contributed by atoms with E-state index in [1.54, 1.807) is 0 Å². The van der Waals surface area contributed by atoms with Gasteiger partial charge in [-0.25, -0.2) is 9.97 Å². The number of nitrogens with zero attached hydrogens (tertiary/aromatic N) is 3. The first kappa shape index (κ1) is 16.8. The van der Waals surface area contributed by atoms with Crippen LogP contribution >= 0.6 is 0 Å². The molecule has 1 aliphatic heterocycles. The number of benzene rings is 2. The summed E-state index contributed by atoms with van der Waals surface area (Å²) in [6.45, 7) is 2.02. The van der Waals surface area contributed by atoms with Crippen molar-refractivity contribution in [3.63, 3.8) is 0 Å². The lowest BCUT2D eigenvalue weighted by molar-refractivity contribution is 0.571. The van der Waals surface area contributed by atoms with Crippen LogP contribution in [0.15, 0.2) is 65.2 Å². The number of para-hydroxylation sites is 2. The van der Waals surface area contributed by atoms with Gasteiger partial charge in [-0.1, -0.05) is 24.3 Å². The van der Waals surface area contributed by atoms with Crippen LogP contribution in [-0.4, -0.2) is 23.1 Å². The number of rotatable bonds is 3. The van der Waals surface area contributed by atoms with Gasteiger partial charge in [-0.15, -0.1) is 0 Å². The number of nitrogen functional groups attached to an aromatic ring is 1. The second-order valence-electron chi connectivity index (χ2n) is 7.26. The van der Waals surface area contributed by atoms with Crippen molar-refractivity contribution in [2.45, 2.75) is 19.3 Å². The van der Waals surface area contributed by atoms with Crippen molar-refractivity contribution in [2.75, 3.05) is 23.7 Å². The Morgan fingerprint density at radius 1 is 0.893 bits per heavy atom. The molecule has 2 aromatic carbocycles. The second kappa shape index (κ2) is 7.00. The molecule has 140 valence electrons. The van der Waals surface area contributed by atoms with E-state index in [0.29, 0.717) is 5.89 Å². The Labute approximate surface area is 163 Å². The zero-order valence-electron chi connectivity index (χ0n) is 15.6. The topological polar surface area (TPSA) is 68.2 Å². The standard InChI is InChI=1S/C23H22N4O/c24-18-8-6-7-16(13-18)17-14-19(22(25-15-17)27-11-4-1-5-12-27)23-26-20-9-2-3-10-21(20)28-23/h2-3,6-10,13-15H,1,4-5,11-12,24H2. The number of hydrogen-bond donors (Lipinski definition) is 1. The maximum absolute atomic E-state index is 6.10. The smallest absolute Gasteiger partial charge is 0.231 e. The molecule has 0 unspecified atom stereocenters. The highest BCUT2D eigenvalue weighted by Gasteiger charge is 2.21. The number of aromatic nitrogens is 2. The van der Waals surface area contributed by atoms with E-state index in [0.717, 1.165) is 52.4 Å². The van der Waals surface area contributed by atoms with Crippen molar-refractivity contribution < 1.29 is 4.42 Å². The average molecular weight is 370 g/mol. The van der Waals surface area contributed by atoms with Gasteiger partial charge in [0.25, 0.3) is 0 Å². The number of anilines is 2. The lowest BCUT2D eigenvalue weighted by Crippen LogP contribution is -2.30. The van der Waals surface area contributed by atoms with Crippen LogP contribution in [0.3, 0.4) is 0 Å². The molecule has 0 aliphatic carbocycles. The summed E-state index contributed by atoms with van der Waals surface area (Å²) >= 11 is 0. The van der Waals surface area contributed by atoms with E-state index in [9.17, 15) is 0 Å². The van der Waals surface area contributed by atoms with E-state index >= 15 is 0 Å². The lowest BCUT2D eigenvalue weighted by Gasteiger charge is -2.29. The van der Waals surface area contributed by atoms with Crippen LogP contribution < -0.4 is 10.6 Å². The Bertz CT molecular complexity index is 1100. The van der Waals surface area contributed by atoms with Crippen LogP contribution in [-0.2, 0) is 0 Å². The van der Waals surface area contributed by atoms with Gasteiger partial charge in [-0.05, 0) is 55.2 Å². The van der Waals surface area contributed by atoms with Gasteiger partial charge in [0.1, 0.15) is 11.3 Å². The van der Waals surface area contributed by atoms with Gasteiger partial charge < -0.3 is 15.1 Å². The van der Waals surface area contributed by atoms with Gasteiger partial charge >= 0.3 is 0 Å². The average Bonchev–Trinajstić information content (AvgIpc) is 3.18. The fraction of sp³-hybridized carbons (Fsp3) is 0.217. The summed E-state index contributed by atoms with van der Waals surface area (Å²) in [5.41, 5.74) is 11.3. The zero-order chi connectivity index (χ0) is 18.9. The van der Waals surface area contributed by atoms with Gasteiger partial charge in [0.2, 0.25) is 5.89 Å². The molecule has 0 radical (unpaired) electrons. The summed E-state index contributed by atoms with van der Waals surface area (Å²) in [5, 5.41) is 0. The van der Waals surface area contributed by atoms with E-state index in [4.69, 9.17) is 20.1 Å². The number of fused-ring (bicyclic) bond motifs is 1. The number of hydrogen-bond acceptors (Lipinski definition) is 5. The monoisotopic (exact) mass is 370 g/mol. The Kier molecular flexibility index (Phi) is 4.20. The van der Waals surface area contributed by atoms with Crippen molar-refractivity contribution in [2.24, 2.45) is 0 Å². The van der Waals surface area contributed by atoms with Crippen molar-refractivity contribution in [3.05, 3.63) is 60.8 Å². The molecule has 1 saturated heterocycles. The summed E-state index contributed by atoms with van der Waals surface area (Å²) < 4.78 is 6.10. The minimum absolute atomic E-state index is 0.611. The third-order valence-corrected chi connectivity index (χ3v) is 5.27. The molecule has 28 heavy (non-hydrogen) atoms. The molecule has 5 nitrogen and oxygen atoms in total. The van der Waals surface area contributed by atoms with Gasteiger partial charge in [-0.2, -0.15) is 0 Å². The minimum Gasteiger partial charge on any atom is -0.436 e. The molecular formula is C23H22N4O. The lowest BCUT2D eigenvalue weighted by atomic mass is 10.0. The van der Waals surface area contributed by atoms with Gasteiger partial charge in [-0.3, -0.25) is 0 Å². The summed E-state index contributed by atoms with van der Waals surface area (Å²) in [4.78, 5) is 11.9. The largest absolute Gasteiger partial charge is 0.436 e. The predicted octanol–water partition coefficient (Wildman–Crippen LogP) is 5.13. The molecule has 4 aromatic rings. The molecule has 1 aliphatic rings. The molecule has 3 heterocycles. The Morgan fingerprint density at radius 2 is 1.75 bits per heavy atom. The number of nitrogens with two attached hydrogens (primary N) is 1. The number of pyridine rings is 1. The van der Waals surface area contributed by atoms with E-state index < -0.39 is 0 Å². The van der Waals surface area contributed by atoms with E-state index in [1.807, 2.05) is 54.7 Å². The molecule has 5 rings (SSSR count). The first-order valence-electron chi connectivity index (χ1n) is 9.75. The highest BCUT2D eigenvalue weighted by atomic mass is 16.3. The first-order valence-corrected chi connectivity index (χ1v) is 9.75. The summed E-state index contributed by atoms with van der Waals surface area (Å²) in [6.07, 6.45) is 5.57. The highest BCUT2D eigenvalue weighted by Crippen LogP contribution is 2.35.